The van der Waals surface area contributed by atoms with Crippen LogP contribution < -0.4 is 10.6 Å². The zero-order valence-corrected chi connectivity index (χ0v) is 15.7. The average molecular weight is 372 g/mol. The Kier molecular flexibility index (Phi) is 6.96. The zero-order chi connectivity index (χ0) is 19.6. The Bertz CT molecular complexity index is 883. The maximum Gasteiger partial charge on any atom is 0.251 e. The van der Waals surface area contributed by atoms with Crippen LogP contribution in [0.2, 0.25) is 0 Å². The molecule has 2 amide bonds. The van der Waals surface area contributed by atoms with Gasteiger partial charge in [-0.05, 0) is 36.6 Å². The van der Waals surface area contributed by atoms with Gasteiger partial charge in [0.15, 0.2) is 0 Å². The molecule has 0 aromatic heterocycles. The van der Waals surface area contributed by atoms with Crippen LogP contribution in [0.25, 0.3) is 0 Å². The van der Waals surface area contributed by atoms with Gasteiger partial charge in [0.05, 0.1) is 6.04 Å². The average Bonchev–Trinajstić information content (AvgIpc) is 3.03. The summed E-state index contributed by atoms with van der Waals surface area (Å²) in [6, 6.07) is 18.8. The van der Waals surface area contributed by atoms with Crippen LogP contribution in [0.3, 0.4) is 0 Å². The number of hydrogen-bond acceptors (Lipinski definition) is 2. The van der Waals surface area contributed by atoms with Crippen LogP contribution in [0.4, 0.5) is 0 Å². The normalized spacial score (nSPS) is 13.9. The number of hydrogen-bond donors (Lipinski definition) is 2. The number of benzene rings is 2. The SMILES string of the molecule is O=C(NC(CNC(=O)c1ccccc1)Cc1ccccc1)C1=CC=CCC=C1. The van der Waals surface area contributed by atoms with Crippen molar-refractivity contribution in [3.8, 4) is 0 Å². The van der Waals surface area contributed by atoms with Gasteiger partial charge in [-0.2, -0.15) is 0 Å². The summed E-state index contributed by atoms with van der Waals surface area (Å²) in [4.78, 5) is 25.1. The third-order valence-electron chi connectivity index (χ3n) is 4.45. The summed E-state index contributed by atoms with van der Waals surface area (Å²) >= 11 is 0. The van der Waals surface area contributed by atoms with Gasteiger partial charge in [0.25, 0.3) is 11.8 Å². The van der Waals surface area contributed by atoms with Gasteiger partial charge >= 0.3 is 0 Å². The van der Waals surface area contributed by atoms with Crippen LogP contribution >= 0.6 is 0 Å². The summed E-state index contributed by atoms with van der Waals surface area (Å²) in [5.41, 5.74) is 2.32. The van der Waals surface area contributed by atoms with Crippen molar-refractivity contribution in [1.82, 2.24) is 10.6 Å². The molecule has 28 heavy (non-hydrogen) atoms. The topological polar surface area (TPSA) is 58.2 Å². The van der Waals surface area contributed by atoms with Crippen LogP contribution in [0.1, 0.15) is 22.3 Å². The van der Waals surface area contributed by atoms with E-state index in [1.807, 2.05) is 72.8 Å². The third kappa shape index (κ3) is 5.81. The molecule has 0 spiro atoms. The molecule has 1 aliphatic rings. The fourth-order valence-electron chi connectivity index (χ4n) is 2.98. The van der Waals surface area contributed by atoms with Crippen molar-refractivity contribution in [2.45, 2.75) is 18.9 Å². The maximum atomic E-state index is 12.7. The highest BCUT2D eigenvalue weighted by atomic mass is 16.2. The quantitative estimate of drug-likeness (QED) is 0.780. The standard InChI is InChI=1S/C24H24N2O2/c27-23(20-13-9-4-10-14-20)25-18-22(17-19-11-5-3-6-12-19)26-24(28)21-15-7-1-2-8-16-21/h1,3-16,22H,2,17-18H2,(H,25,27)(H,26,28). The first-order valence-corrected chi connectivity index (χ1v) is 9.44. The van der Waals surface area contributed by atoms with Gasteiger partial charge in [-0.3, -0.25) is 9.59 Å². The van der Waals surface area contributed by atoms with E-state index in [1.54, 1.807) is 18.2 Å². The Morgan fingerprint density at radius 1 is 0.893 bits per heavy atom. The minimum absolute atomic E-state index is 0.141. The highest BCUT2D eigenvalue weighted by Gasteiger charge is 2.16. The minimum atomic E-state index is -0.218. The maximum absolute atomic E-state index is 12.7. The second-order valence-electron chi connectivity index (χ2n) is 6.62. The monoisotopic (exact) mass is 372 g/mol. The van der Waals surface area contributed by atoms with Crippen LogP contribution in [0, 0.1) is 0 Å². The number of carbonyl (C=O) groups excluding carboxylic acids is 2. The van der Waals surface area contributed by atoms with Gasteiger partial charge in [0, 0.05) is 17.7 Å². The summed E-state index contributed by atoms with van der Waals surface area (Å²) in [5, 5.41) is 6.00. The lowest BCUT2D eigenvalue weighted by Gasteiger charge is -2.20. The Balaban J connectivity index is 1.67. The second kappa shape index (κ2) is 10.1. The van der Waals surface area contributed by atoms with Gasteiger partial charge in [-0.15, -0.1) is 0 Å². The first-order chi connectivity index (χ1) is 13.7. The molecule has 2 N–H and O–H groups in total. The van der Waals surface area contributed by atoms with E-state index in [9.17, 15) is 9.59 Å². The van der Waals surface area contributed by atoms with Crippen LogP contribution in [-0.4, -0.2) is 24.4 Å². The first kappa shape index (κ1) is 19.4. The summed E-state index contributed by atoms with van der Waals surface area (Å²) in [5.74, 6) is -0.290. The van der Waals surface area contributed by atoms with Crippen LogP contribution in [-0.2, 0) is 11.2 Å². The highest BCUT2D eigenvalue weighted by molar-refractivity contribution is 5.97. The molecule has 1 atom stereocenters. The fourth-order valence-corrected chi connectivity index (χ4v) is 2.98. The van der Waals surface area contributed by atoms with Crippen molar-refractivity contribution >= 4 is 11.8 Å². The largest absolute Gasteiger partial charge is 0.350 e. The molecule has 4 nitrogen and oxygen atoms in total. The van der Waals surface area contributed by atoms with Crippen molar-refractivity contribution in [1.29, 1.82) is 0 Å². The van der Waals surface area contributed by atoms with Crippen molar-refractivity contribution < 1.29 is 9.59 Å². The lowest BCUT2D eigenvalue weighted by molar-refractivity contribution is -0.117. The van der Waals surface area contributed by atoms with E-state index < -0.39 is 0 Å². The van der Waals surface area contributed by atoms with Crippen LogP contribution in [0.15, 0.2) is 96.6 Å². The smallest absolute Gasteiger partial charge is 0.251 e. The van der Waals surface area contributed by atoms with Gasteiger partial charge in [0.1, 0.15) is 0 Å². The highest BCUT2D eigenvalue weighted by Crippen LogP contribution is 2.08. The van der Waals surface area contributed by atoms with Crippen molar-refractivity contribution in [3.05, 3.63) is 108 Å². The number of amides is 2. The molecule has 2 aromatic carbocycles. The molecule has 0 bridgehead atoms. The molecule has 1 unspecified atom stereocenters. The van der Waals surface area contributed by atoms with E-state index in [2.05, 4.69) is 10.6 Å². The Morgan fingerprint density at radius 2 is 1.61 bits per heavy atom. The molecule has 1 aliphatic carbocycles. The Morgan fingerprint density at radius 3 is 2.36 bits per heavy atom. The number of rotatable bonds is 7. The van der Waals surface area contributed by atoms with Gasteiger partial charge in [-0.25, -0.2) is 0 Å². The molecule has 0 radical (unpaired) electrons. The lowest BCUT2D eigenvalue weighted by Crippen LogP contribution is -2.45. The summed E-state index contributed by atoms with van der Waals surface area (Å²) < 4.78 is 0. The summed E-state index contributed by atoms with van der Waals surface area (Å²) in [6.45, 7) is 0.348. The number of nitrogens with one attached hydrogen (secondary N) is 2. The van der Waals surface area contributed by atoms with E-state index in [-0.39, 0.29) is 17.9 Å². The van der Waals surface area contributed by atoms with E-state index in [0.717, 1.165) is 12.0 Å². The fraction of sp³-hybridized carbons (Fsp3) is 0.167. The van der Waals surface area contributed by atoms with E-state index in [1.165, 1.54) is 0 Å². The third-order valence-corrected chi connectivity index (χ3v) is 4.45. The summed E-state index contributed by atoms with van der Waals surface area (Å²) in [6.07, 6.45) is 10.9. The van der Waals surface area contributed by atoms with Gasteiger partial charge in [-0.1, -0.05) is 72.8 Å². The molecule has 0 saturated heterocycles. The molecule has 3 rings (SSSR count). The van der Waals surface area contributed by atoms with Crippen LogP contribution in [0.5, 0.6) is 0 Å². The molecule has 2 aromatic rings. The molecule has 142 valence electrons. The molecular weight excluding hydrogens is 348 g/mol. The Labute approximate surface area is 165 Å². The van der Waals surface area contributed by atoms with E-state index in [4.69, 9.17) is 0 Å². The molecule has 0 aliphatic heterocycles. The van der Waals surface area contributed by atoms with E-state index in [0.29, 0.717) is 24.1 Å². The van der Waals surface area contributed by atoms with Crippen molar-refractivity contribution in [2.24, 2.45) is 0 Å². The lowest BCUT2D eigenvalue weighted by atomic mass is 10.0. The number of carbonyl (C=O) groups is 2. The molecular formula is C24H24N2O2. The molecule has 0 heterocycles. The van der Waals surface area contributed by atoms with E-state index >= 15 is 0 Å². The number of allylic oxidation sites excluding steroid dienone is 4. The molecule has 0 saturated carbocycles. The zero-order valence-electron chi connectivity index (χ0n) is 15.7. The first-order valence-electron chi connectivity index (χ1n) is 9.44. The molecule has 4 heteroatoms. The minimum Gasteiger partial charge on any atom is -0.350 e. The van der Waals surface area contributed by atoms with Crippen molar-refractivity contribution in [3.63, 3.8) is 0 Å². The van der Waals surface area contributed by atoms with Crippen molar-refractivity contribution in [2.75, 3.05) is 6.54 Å². The predicted molar refractivity (Wildman–Crippen MR) is 112 cm³/mol. The predicted octanol–water partition coefficient (Wildman–Crippen LogP) is 3.59. The Hall–Kier alpha value is -3.40. The molecule has 0 fully saturated rings. The van der Waals surface area contributed by atoms with Gasteiger partial charge < -0.3 is 10.6 Å². The summed E-state index contributed by atoms with van der Waals surface area (Å²) in [7, 11) is 0. The second-order valence-corrected chi connectivity index (χ2v) is 6.62. The van der Waals surface area contributed by atoms with Gasteiger partial charge in [0.2, 0.25) is 0 Å².